The molecule has 0 aliphatic rings. The highest BCUT2D eigenvalue weighted by molar-refractivity contribution is 6.27. The largest absolute Gasteiger partial charge is 0.351 e. The van der Waals surface area contributed by atoms with Crippen molar-refractivity contribution in [1.29, 1.82) is 5.26 Å². The Bertz CT molecular complexity index is 414. The number of amides is 1. The summed E-state index contributed by atoms with van der Waals surface area (Å²) in [6.07, 6.45) is 0. The molecule has 0 spiro atoms. The molecule has 0 fully saturated rings. The van der Waals surface area contributed by atoms with Crippen molar-refractivity contribution in [3.8, 4) is 6.07 Å². The summed E-state index contributed by atoms with van der Waals surface area (Å²) in [7, 11) is 0. The molecule has 0 aliphatic carbocycles. The quantitative estimate of drug-likeness (QED) is 0.796. The van der Waals surface area contributed by atoms with Gasteiger partial charge >= 0.3 is 0 Å². The minimum Gasteiger partial charge on any atom is -0.351 e. The fourth-order valence-corrected chi connectivity index (χ4v) is 1.12. The molecule has 0 atom stereocenters. The predicted octanol–water partition coefficient (Wildman–Crippen LogP) is 1.55. The highest BCUT2D eigenvalue weighted by atomic mass is 35.5. The van der Waals surface area contributed by atoms with E-state index in [2.05, 4.69) is 5.32 Å². The Morgan fingerprint density at radius 3 is 2.93 bits per heavy atom. The molecule has 0 saturated heterocycles. The van der Waals surface area contributed by atoms with Crippen molar-refractivity contribution in [1.82, 2.24) is 5.32 Å². The molecule has 1 aromatic rings. The van der Waals surface area contributed by atoms with Gasteiger partial charge in [0.25, 0.3) is 0 Å². The summed E-state index contributed by atoms with van der Waals surface area (Å²) in [5.74, 6) is -0.998. The smallest absolute Gasteiger partial charge is 0.235 e. The second kappa shape index (κ2) is 5.32. The Morgan fingerprint density at radius 1 is 1.60 bits per heavy atom. The zero-order valence-electron chi connectivity index (χ0n) is 7.76. The van der Waals surface area contributed by atoms with E-state index in [9.17, 15) is 9.18 Å². The van der Waals surface area contributed by atoms with Crippen LogP contribution in [0.3, 0.4) is 0 Å². The second-order valence-corrected chi connectivity index (χ2v) is 3.10. The first-order valence-corrected chi connectivity index (χ1v) is 4.72. The van der Waals surface area contributed by atoms with Crippen LogP contribution in [-0.2, 0) is 11.3 Å². The topological polar surface area (TPSA) is 52.9 Å². The molecule has 1 amide bonds. The van der Waals surface area contributed by atoms with E-state index in [1.165, 1.54) is 18.2 Å². The fraction of sp³-hybridized carbons (Fsp3) is 0.200. The standard InChI is InChI=1S/C10H8ClFN2O/c11-4-10(15)14-6-8-3-7(5-13)1-2-9(8)12/h1-3H,4,6H2,(H,14,15). The lowest BCUT2D eigenvalue weighted by atomic mass is 10.1. The molecule has 0 aliphatic heterocycles. The number of benzene rings is 1. The molecule has 1 aromatic carbocycles. The van der Waals surface area contributed by atoms with E-state index in [1.807, 2.05) is 6.07 Å². The number of carbonyl (C=O) groups is 1. The van der Waals surface area contributed by atoms with E-state index in [-0.39, 0.29) is 23.9 Å². The first-order chi connectivity index (χ1) is 7.17. The minimum atomic E-state index is -0.455. The molecule has 5 heteroatoms. The van der Waals surface area contributed by atoms with Gasteiger partial charge in [-0.1, -0.05) is 0 Å². The number of nitrogens with zero attached hydrogens (tertiary/aromatic N) is 1. The first kappa shape index (κ1) is 11.5. The van der Waals surface area contributed by atoms with Gasteiger partial charge in [0.2, 0.25) is 5.91 Å². The van der Waals surface area contributed by atoms with Gasteiger partial charge in [-0.3, -0.25) is 4.79 Å². The van der Waals surface area contributed by atoms with E-state index in [0.29, 0.717) is 5.56 Å². The van der Waals surface area contributed by atoms with Crippen molar-refractivity contribution in [3.63, 3.8) is 0 Å². The third-order valence-corrected chi connectivity index (χ3v) is 2.01. The summed E-state index contributed by atoms with van der Waals surface area (Å²) in [6, 6.07) is 5.86. The minimum absolute atomic E-state index is 0.0346. The number of hydrogen-bond acceptors (Lipinski definition) is 2. The van der Waals surface area contributed by atoms with E-state index in [1.54, 1.807) is 0 Å². The highest BCUT2D eigenvalue weighted by Crippen LogP contribution is 2.09. The van der Waals surface area contributed by atoms with Crippen LogP contribution < -0.4 is 5.32 Å². The van der Waals surface area contributed by atoms with Crippen LogP contribution >= 0.6 is 11.6 Å². The van der Waals surface area contributed by atoms with Crippen molar-refractivity contribution in [3.05, 3.63) is 35.1 Å². The van der Waals surface area contributed by atoms with Crippen molar-refractivity contribution in [2.75, 3.05) is 5.88 Å². The van der Waals surface area contributed by atoms with Crippen LogP contribution in [0.5, 0.6) is 0 Å². The van der Waals surface area contributed by atoms with Crippen LogP contribution in [0, 0.1) is 17.1 Å². The Kier molecular flexibility index (Phi) is 4.07. The molecular formula is C10H8ClFN2O. The molecule has 0 radical (unpaired) electrons. The van der Waals surface area contributed by atoms with Gasteiger partial charge in [-0.25, -0.2) is 4.39 Å². The van der Waals surface area contributed by atoms with Crippen molar-refractivity contribution in [2.24, 2.45) is 0 Å². The molecule has 3 nitrogen and oxygen atoms in total. The maximum Gasteiger partial charge on any atom is 0.235 e. The maximum absolute atomic E-state index is 13.2. The van der Waals surface area contributed by atoms with E-state index < -0.39 is 5.82 Å². The third-order valence-electron chi connectivity index (χ3n) is 1.77. The third kappa shape index (κ3) is 3.22. The van der Waals surface area contributed by atoms with Gasteiger partial charge in [-0.05, 0) is 18.2 Å². The van der Waals surface area contributed by atoms with Gasteiger partial charge in [0.1, 0.15) is 11.7 Å². The van der Waals surface area contributed by atoms with Crippen LogP contribution in [0.1, 0.15) is 11.1 Å². The van der Waals surface area contributed by atoms with Gasteiger partial charge < -0.3 is 5.32 Å². The molecule has 0 unspecified atom stereocenters. The number of nitriles is 1. The van der Waals surface area contributed by atoms with Crippen molar-refractivity contribution >= 4 is 17.5 Å². The lowest BCUT2D eigenvalue weighted by Gasteiger charge is -2.04. The second-order valence-electron chi connectivity index (χ2n) is 2.83. The van der Waals surface area contributed by atoms with Gasteiger partial charge in [-0.15, -0.1) is 11.6 Å². The number of halogens is 2. The monoisotopic (exact) mass is 226 g/mol. The molecular weight excluding hydrogens is 219 g/mol. The Hall–Kier alpha value is -1.60. The normalized spacial score (nSPS) is 9.40. The fourth-order valence-electron chi connectivity index (χ4n) is 1.02. The van der Waals surface area contributed by atoms with Crippen LogP contribution in [0.4, 0.5) is 4.39 Å². The number of nitrogens with one attached hydrogen (secondary N) is 1. The van der Waals surface area contributed by atoms with Gasteiger partial charge in [0.15, 0.2) is 0 Å². The SMILES string of the molecule is N#Cc1ccc(F)c(CNC(=O)CCl)c1. The molecule has 0 saturated carbocycles. The van der Waals surface area contributed by atoms with Crippen LogP contribution in [0.2, 0.25) is 0 Å². The first-order valence-electron chi connectivity index (χ1n) is 4.18. The summed E-state index contributed by atoms with van der Waals surface area (Å²) in [6.45, 7) is 0.0346. The van der Waals surface area contributed by atoms with Gasteiger partial charge in [-0.2, -0.15) is 5.26 Å². The summed E-state index contributed by atoms with van der Waals surface area (Å²) < 4.78 is 13.2. The Balaban J connectivity index is 2.76. The maximum atomic E-state index is 13.2. The molecule has 78 valence electrons. The molecule has 1 N–H and O–H groups in total. The Labute approximate surface area is 91.5 Å². The molecule has 0 heterocycles. The number of hydrogen-bond donors (Lipinski definition) is 1. The lowest BCUT2D eigenvalue weighted by Crippen LogP contribution is -2.24. The zero-order valence-corrected chi connectivity index (χ0v) is 8.51. The summed E-state index contributed by atoms with van der Waals surface area (Å²) in [5.41, 5.74) is 0.624. The predicted molar refractivity (Wildman–Crippen MR) is 53.7 cm³/mol. The summed E-state index contributed by atoms with van der Waals surface area (Å²) >= 11 is 5.26. The molecule has 0 bridgehead atoms. The Morgan fingerprint density at radius 2 is 2.33 bits per heavy atom. The van der Waals surface area contributed by atoms with Crippen molar-refractivity contribution in [2.45, 2.75) is 6.54 Å². The van der Waals surface area contributed by atoms with Crippen LogP contribution in [-0.4, -0.2) is 11.8 Å². The average Bonchev–Trinajstić information content (AvgIpc) is 2.27. The number of carbonyl (C=O) groups excluding carboxylic acids is 1. The number of alkyl halides is 1. The van der Waals surface area contributed by atoms with Gasteiger partial charge in [0, 0.05) is 12.1 Å². The molecule has 15 heavy (non-hydrogen) atoms. The molecule has 1 rings (SSSR count). The summed E-state index contributed by atoms with van der Waals surface area (Å²) in [5, 5.41) is 11.0. The lowest BCUT2D eigenvalue weighted by molar-refractivity contribution is -0.118. The van der Waals surface area contributed by atoms with E-state index in [4.69, 9.17) is 16.9 Å². The number of rotatable bonds is 3. The average molecular weight is 227 g/mol. The molecule has 0 aromatic heterocycles. The van der Waals surface area contributed by atoms with Crippen LogP contribution in [0.25, 0.3) is 0 Å². The highest BCUT2D eigenvalue weighted by Gasteiger charge is 2.05. The summed E-state index contributed by atoms with van der Waals surface area (Å²) in [4.78, 5) is 10.8. The van der Waals surface area contributed by atoms with Crippen molar-refractivity contribution < 1.29 is 9.18 Å². The van der Waals surface area contributed by atoms with E-state index in [0.717, 1.165) is 0 Å². The zero-order chi connectivity index (χ0) is 11.3. The van der Waals surface area contributed by atoms with Crippen LogP contribution in [0.15, 0.2) is 18.2 Å². The van der Waals surface area contributed by atoms with E-state index >= 15 is 0 Å². The van der Waals surface area contributed by atoms with Gasteiger partial charge in [0.05, 0.1) is 11.6 Å².